The van der Waals surface area contributed by atoms with Crippen LogP contribution >= 0.6 is 0 Å². The molecular formula is C27H24FN3O3. The minimum atomic E-state index is -0.507. The Labute approximate surface area is 197 Å². The minimum Gasteiger partial charge on any atom is -0.350 e. The minimum absolute atomic E-state index is 0.0943. The fraction of sp³-hybridized carbons (Fsp3) is 0.148. The normalized spacial score (nSPS) is 13.6. The molecule has 2 N–H and O–H groups in total. The van der Waals surface area contributed by atoms with Crippen LogP contribution in [-0.4, -0.2) is 17.7 Å². The van der Waals surface area contributed by atoms with Gasteiger partial charge in [0.15, 0.2) is 0 Å². The van der Waals surface area contributed by atoms with Crippen molar-refractivity contribution < 1.29 is 18.8 Å². The van der Waals surface area contributed by atoms with E-state index in [9.17, 15) is 18.8 Å². The molecule has 3 aromatic carbocycles. The summed E-state index contributed by atoms with van der Waals surface area (Å²) in [5.74, 6) is -1.33. The third-order valence-electron chi connectivity index (χ3n) is 5.51. The van der Waals surface area contributed by atoms with Crippen LogP contribution in [0, 0.1) is 5.82 Å². The summed E-state index contributed by atoms with van der Waals surface area (Å²) in [5.41, 5.74) is 3.39. The Kier molecular flexibility index (Phi) is 6.27. The highest BCUT2D eigenvalue weighted by Gasteiger charge is 2.40. The fourth-order valence-electron chi connectivity index (χ4n) is 3.76. The summed E-state index contributed by atoms with van der Waals surface area (Å²) in [7, 11) is 0. The number of carbonyl (C=O) groups is 3. The van der Waals surface area contributed by atoms with Gasteiger partial charge in [-0.1, -0.05) is 38.1 Å². The molecule has 0 fully saturated rings. The molecule has 0 saturated heterocycles. The third-order valence-corrected chi connectivity index (χ3v) is 5.51. The highest BCUT2D eigenvalue weighted by Crippen LogP contribution is 2.34. The zero-order chi connectivity index (χ0) is 24.4. The molecule has 0 unspecified atom stereocenters. The summed E-state index contributed by atoms with van der Waals surface area (Å²) >= 11 is 0. The van der Waals surface area contributed by atoms with Crippen LogP contribution in [0.3, 0.4) is 0 Å². The summed E-state index contributed by atoms with van der Waals surface area (Å²) in [6.07, 6.45) is 0. The lowest BCUT2D eigenvalue weighted by Crippen LogP contribution is -2.32. The first-order chi connectivity index (χ1) is 16.2. The largest absolute Gasteiger partial charge is 0.350 e. The van der Waals surface area contributed by atoms with Gasteiger partial charge < -0.3 is 10.6 Å². The molecule has 0 aromatic heterocycles. The second-order valence-corrected chi connectivity index (χ2v) is 8.33. The number of hydrogen-bond donors (Lipinski definition) is 2. The number of nitrogens with zero attached hydrogens (tertiary/aromatic N) is 1. The molecule has 4 rings (SSSR count). The second-order valence-electron chi connectivity index (χ2n) is 8.33. The van der Waals surface area contributed by atoms with Crippen LogP contribution in [0.5, 0.6) is 0 Å². The first-order valence-corrected chi connectivity index (χ1v) is 10.9. The Bertz CT molecular complexity index is 1280. The van der Waals surface area contributed by atoms with Crippen molar-refractivity contribution in [3.8, 4) is 0 Å². The SMILES string of the molecule is CC(=O)Nc1ccc(NC2=C(c3ccc(F)cc3)C(=O)N(c3ccc(C(C)C)cc3)C2=O)cc1. The Hall–Kier alpha value is -4.26. The van der Waals surface area contributed by atoms with Crippen molar-refractivity contribution in [1.29, 1.82) is 0 Å². The van der Waals surface area contributed by atoms with Crippen LogP contribution < -0.4 is 15.5 Å². The van der Waals surface area contributed by atoms with E-state index in [0.29, 0.717) is 28.5 Å². The Morgan fingerprint density at radius 3 is 1.97 bits per heavy atom. The van der Waals surface area contributed by atoms with E-state index in [2.05, 4.69) is 24.5 Å². The molecule has 0 spiro atoms. The van der Waals surface area contributed by atoms with Crippen molar-refractivity contribution in [2.45, 2.75) is 26.7 Å². The molecule has 34 heavy (non-hydrogen) atoms. The molecule has 0 bridgehead atoms. The molecule has 6 nitrogen and oxygen atoms in total. The predicted octanol–water partition coefficient (Wildman–Crippen LogP) is 5.30. The molecular weight excluding hydrogens is 433 g/mol. The highest BCUT2D eigenvalue weighted by atomic mass is 19.1. The standard InChI is InChI=1S/C27H24FN3O3/c1-16(2)18-6-14-23(15-7-18)31-26(33)24(19-4-8-20(28)9-5-19)25(27(31)34)30-22-12-10-21(11-13-22)29-17(3)32/h4-16,30H,1-3H3,(H,29,32). The molecule has 0 saturated carbocycles. The number of halogens is 1. The van der Waals surface area contributed by atoms with E-state index in [1.807, 2.05) is 12.1 Å². The monoisotopic (exact) mass is 457 g/mol. The number of anilines is 3. The van der Waals surface area contributed by atoms with Gasteiger partial charge >= 0.3 is 0 Å². The van der Waals surface area contributed by atoms with E-state index in [0.717, 1.165) is 10.5 Å². The molecule has 1 aliphatic rings. The van der Waals surface area contributed by atoms with E-state index < -0.39 is 17.6 Å². The molecule has 0 atom stereocenters. The molecule has 3 amide bonds. The quantitative estimate of drug-likeness (QED) is 0.492. The number of rotatable bonds is 6. The van der Waals surface area contributed by atoms with Crippen LogP contribution in [0.1, 0.15) is 37.8 Å². The summed E-state index contributed by atoms with van der Waals surface area (Å²) in [4.78, 5) is 39.3. The fourth-order valence-corrected chi connectivity index (χ4v) is 3.76. The van der Waals surface area contributed by atoms with E-state index >= 15 is 0 Å². The topological polar surface area (TPSA) is 78.5 Å². The zero-order valence-corrected chi connectivity index (χ0v) is 19.1. The smallest absolute Gasteiger partial charge is 0.282 e. The average molecular weight is 458 g/mol. The molecule has 1 aliphatic heterocycles. The van der Waals surface area contributed by atoms with Crippen molar-refractivity contribution in [2.24, 2.45) is 0 Å². The molecule has 0 aliphatic carbocycles. The molecule has 7 heteroatoms. The number of hydrogen-bond acceptors (Lipinski definition) is 4. The number of imide groups is 1. The van der Waals surface area contributed by atoms with Crippen LogP contribution in [0.15, 0.2) is 78.5 Å². The van der Waals surface area contributed by atoms with Crippen molar-refractivity contribution in [2.75, 3.05) is 15.5 Å². The van der Waals surface area contributed by atoms with E-state index in [4.69, 9.17) is 0 Å². The van der Waals surface area contributed by atoms with Gasteiger partial charge in [0.2, 0.25) is 5.91 Å². The Morgan fingerprint density at radius 2 is 1.41 bits per heavy atom. The highest BCUT2D eigenvalue weighted by molar-refractivity contribution is 6.46. The first kappa shape index (κ1) is 22.9. The Balaban J connectivity index is 1.72. The lowest BCUT2D eigenvalue weighted by atomic mass is 10.0. The van der Waals surface area contributed by atoms with Gasteiger partial charge in [0.1, 0.15) is 11.5 Å². The summed E-state index contributed by atoms with van der Waals surface area (Å²) < 4.78 is 13.5. The number of benzene rings is 3. The van der Waals surface area contributed by atoms with Gasteiger partial charge in [-0.2, -0.15) is 0 Å². The predicted molar refractivity (Wildman–Crippen MR) is 131 cm³/mol. The summed E-state index contributed by atoms with van der Waals surface area (Å²) in [6.45, 7) is 5.54. The van der Waals surface area contributed by atoms with Crippen LogP contribution in [0.25, 0.3) is 5.57 Å². The Morgan fingerprint density at radius 1 is 0.824 bits per heavy atom. The van der Waals surface area contributed by atoms with Gasteiger partial charge in [-0.3, -0.25) is 14.4 Å². The van der Waals surface area contributed by atoms with Crippen molar-refractivity contribution >= 4 is 40.4 Å². The molecule has 3 aromatic rings. The molecule has 172 valence electrons. The van der Waals surface area contributed by atoms with Gasteiger partial charge in [0.25, 0.3) is 11.8 Å². The average Bonchev–Trinajstić information content (AvgIpc) is 3.04. The lowest BCUT2D eigenvalue weighted by molar-refractivity contribution is -0.120. The van der Waals surface area contributed by atoms with Crippen molar-refractivity contribution in [3.63, 3.8) is 0 Å². The number of amides is 3. The van der Waals surface area contributed by atoms with Crippen molar-refractivity contribution in [1.82, 2.24) is 0 Å². The first-order valence-electron chi connectivity index (χ1n) is 10.9. The lowest BCUT2D eigenvalue weighted by Gasteiger charge is -2.16. The van der Waals surface area contributed by atoms with E-state index in [-0.39, 0.29) is 17.2 Å². The van der Waals surface area contributed by atoms with Crippen LogP contribution in [-0.2, 0) is 14.4 Å². The zero-order valence-electron chi connectivity index (χ0n) is 19.1. The molecule has 1 heterocycles. The van der Waals surface area contributed by atoms with Crippen LogP contribution in [0.4, 0.5) is 21.5 Å². The number of carbonyl (C=O) groups excluding carboxylic acids is 3. The second kappa shape index (κ2) is 9.31. The van der Waals surface area contributed by atoms with E-state index in [1.54, 1.807) is 36.4 Å². The van der Waals surface area contributed by atoms with Gasteiger partial charge in [-0.05, 0) is 65.6 Å². The maximum absolute atomic E-state index is 13.5. The van der Waals surface area contributed by atoms with Crippen LogP contribution in [0.2, 0.25) is 0 Å². The third kappa shape index (κ3) is 4.59. The van der Waals surface area contributed by atoms with Gasteiger partial charge in [-0.25, -0.2) is 9.29 Å². The van der Waals surface area contributed by atoms with E-state index in [1.165, 1.54) is 31.2 Å². The maximum Gasteiger partial charge on any atom is 0.282 e. The van der Waals surface area contributed by atoms with Gasteiger partial charge in [0.05, 0.1) is 11.3 Å². The van der Waals surface area contributed by atoms with Crippen molar-refractivity contribution in [3.05, 3.63) is 95.4 Å². The molecule has 0 radical (unpaired) electrons. The van der Waals surface area contributed by atoms with Gasteiger partial charge in [0, 0.05) is 18.3 Å². The summed E-state index contributed by atoms with van der Waals surface area (Å²) in [5, 5.41) is 5.73. The van der Waals surface area contributed by atoms with Gasteiger partial charge in [-0.15, -0.1) is 0 Å². The maximum atomic E-state index is 13.5. The number of nitrogens with one attached hydrogen (secondary N) is 2. The summed E-state index contributed by atoms with van der Waals surface area (Å²) in [6, 6.07) is 19.5.